The molecular formula is C9H7ClFNO3. The zero-order valence-corrected chi connectivity index (χ0v) is 8.45. The number of oxime groups is 1. The summed E-state index contributed by atoms with van der Waals surface area (Å²) in [4.78, 5) is 11.1. The average Bonchev–Trinajstić information content (AvgIpc) is 2.27. The molecule has 1 N–H and O–H groups in total. The maximum absolute atomic E-state index is 13.1. The molecular weight excluding hydrogens is 225 g/mol. The lowest BCUT2D eigenvalue weighted by atomic mass is 10.1. The summed E-state index contributed by atoms with van der Waals surface area (Å²) in [5.41, 5.74) is -0.0437. The lowest BCUT2D eigenvalue weighted by Crippen LogP contribution is -2.06. The van der Waals surface area contributed by atoms with E-state index in [1.54, 1.807) is 0 Å². The predicted molar refractivity (Wildman–Crippen MR) is 51.9 cm³/mol. The topological polar surface area (TPSA) is 58.9 Å². The van der Waals surface area contributed by atoms with Gasteiger partial charge < -0.3 is 9.94 Å². The van der Waals surface area contributed by atoms with E-state index in [1.165, 1.54) is 6.07 Å². The smallest absolute Gasteiger partial charge is 0.340 e. The van der Waals surface area contributed by atoms with Gasteiger partial charge in [0.25, 0.3) is 0 Å². The standard InChI is InChI=1S/C9H7ClFNO3/c1-15-9(13)6-4-5(8(10)12-14)2-3-7(6)11/h2-4,14H,1H3. The third-order valence-corrected chi connectivity index (χ3v) is 1.99. The Bertz CT molecular complexity index is 420. The molecule has 0 saturated carbocycles. The highest BCUT2D eigenvalue weighted by Crippen LogP contribution is 2.13. The fourth-order valence-electron chi connectivity index (χ4n) is 0.978. The summed E-state index contributed by atoms with van der Waals surface area (Å²) in [6.45, 7) is 0. The number of carbonyl (C=O) groups excluding carboxylic acids is 1. The van der Waals surface area contributed by atoms with Crippen molar-refractivity contribution in [2.45, 2.75) is 0 Å². The number of carbonyl (C=O) groups is 1. The van der Waals surface area contributed by atoms with E-state index in [1.807, 2.05) is 0 Å². The number of hydrogen-bond donors (Lipinski definition) is 1. The van der Waals surface area contributed by atoms with Crippen LogP contribution in [-0.2, 0) is 4.74 Å². The molecule has 0 heterocycles. The van der Waals surface area contributed by atoms with E-state index < -0.39 is 11.8 Å². The number of nitrogens with zero attached hydrogens (tertiary/aromatic N) is 1. The van der Waals surface area contributed by atoms with Crippen molar-refractivity contribution < 1.29 is 19.1 Å². The first kappa shape index (κ1) is 11.5. The molecule has 1 aromatic rings. The molecule has 0 aliphatic carbocycles. The minimum absolute atomic E-state index is 0.223. The number of rotatable bonds is 2. The molecule has 0 saturated heterocycles. The molecule has 0 unspecified atom stereocenters. The molecule has 1 aromatic carbocycles. The van der Waals surface area contributed by atoms with Gasteiger partial charge in [-0.25, -0.2) is 9.18 Å². The molecule has 0 radical (unpaired) electrons. The first-order valence-electron chi connectivity index (χ1n) is 3.86. The molecule has 0 bridgehead atoms. The van der Waals surface area contributed by atoms with E-state index in [9.17, 15) is 9.18 Å². The highest BCUT2D eigenvalue weighted by atomic mass is 35.5. The second-order valence-corrected chi connectivity index (χ2v) is 2.94. The van der Waals surface area contributed by atoms with Crippen LogP contribution in [-0.4, -0.2) is 23.5 Å². The molecule has 0 spiro atoms. The van der Waals surface area contributed by atoms with Crippen LogP contribution in [0, 0.1) is 5.82 Å². The molecule has 0 aromatic heterocycles. The molecule has 0 fully saturated rings. The highest BCUT2D eigenvalue weighted by Gasteiger charge is 2.14. The van der Waals surface area contributed by atoms with Crippen molar-refractivity contribution in [2.75, 3.05) is 7.11 Å². The van der Waals surface area contributed by atoms with Crippen molar-refractivity contribution in [3.8, 4) is 0 Å². The summed E-state index contributed by atoms with van der Waals surface area (Å²) in [7, 11) is 1.14. The van der Waals surface area contributed by atoms with Gasteiger partial charge in [-0.1, -0.05) is 16.8 Å². The van der Waals surface area contributed by atoms with Gasteiger partial charge in [-0.05, 0) is 18.2 Å². The summed E-state index contributed by atoms with van der Waals surface area (Å²) >= 11 is 5.49. The number of methoxy groups -OCH3 is 1. The van der Waals surface area contributed by atoms with Gasteiger partial charge in [0.2, 0.25) is 0 Å². The minimum Gasteiger partial charge on any atom is -0.465 e. The van der Waals surface area contributed by atoms with Crippen molar-refractivity contribution in [2.24, 2.45) is 5.16 Å². The van der Waals surface area contributed by atoms with Crippen LogP contribution in [0.1, 0.15) is 15.9 Å². The third-order valence-electron chi connectivity index (χ3n) is 1.70. The van der Waals surface area contributed by atoms with E-state index in [4.69, 9.17) is 16.8 Å². The molecule has 0 amide bonds. The molecule has 6 heteroatoms. The van der Waals surface area contributed by atoms with Gasteiger partial charge in [0, 0.05) is 5.56 Å². The normalized spacial score (nSPS) is 11.3. The van der Waals surface area contributed by atoms with Crippen LogP contribution >= 0.6 is 11.6 Å². The first-order valence-corrected chi connectivity index (χ1v) is 4.23. The van der Waals surface area contributed by atoms with Crippen molar-refractivity contribution in [1.29, 1.82) is 0 Å². The highest BCUT2D eigenvalue weighted by molar-refractivity contribution is 6.69. The Morgan fingerprint density at radius 1 is 1.60 bits per heavy atom. The fraction of sp³-hybridized carbons (Fsp3) is 0.111. The monoisotopic (exact) mass is 231 g/mol. The van der Waals surface area contributed by atoms with Gasteiger partial charge in [0.15, 0.2) is 5.17 Å². The van der Waals surface area contributed by atoms with Crippen molar-refractivity contribution >= 4 is 22.7 Å². The maximum Gasteiger partial charge on any atom is 0.340 e. The van der Waals surface area contributed by atoms with Gasteiger partial charge in [-0.15, -0.1) is 0 Å². The Morgan fingerprint density at radius 2 is 2.27 bits per heavy atom. The van der Waals surface area contributed by atoms with E-state index in [2.05, 4.69) is 9.89 Å². The van der Waals surface area contributed by atoms with Gasteiger partial charge in [0.1, 0.15) is 5.82 Å². The lowest BCUT2D eigenvalue weighted by Gasteiger charge is -2.03. The summed E-state index contributed by atoms with van der Waals surface area (Å²) in [6.07, 6.45) is 0. The molecule has 80 valence electrons. The molecule has 15 heavy (non-hydrogen) atoms. The van der Waals surface area contributed by atoms with Gasteiger partial charge in [-0.2, -0.15) is 0 Å². The van der Waals surface area contributed by atoms with Crippen LogP contribution in [0.15, 0.2) is 23.4 Å². The molecule has 0 aliphatic heterocycles. The van der Waals surface area contributed by atoms with Crippen molar-refractivity contribution in [3.05, 3.63) is 35.1 Å². The quantitative estimate of drug-likeness (QED) is 0.367. The fourth-order valence-corrected chi connectivity index (χ4v) is 1.10. The molecule has 0 atom stereocenters. The lowest BCUT2D eigenvalue weighted by molar-refractivity contribution is 0.0595. The van der Waals surface area contributed by atoms with E-state index in [0.717, 1.165) is 19.2 Å². The second kappa shape index (κ2) is 4.75. The van der Waals surface area contributed by atoms with Crippen LogP contribution in [0.25, 0.3) is 0 Å². The van der Waals surface area contributed by atoms with Crippen LogP contribution in [0.2, 0.25) is 0 Å². The zero-order chi connectivity index (χ0) is 11.4. The number of hydrogen-bond acceptors (Lipinski definition) is 4. The minimum atomic E-state index is -0.822. The number of benzene rings is 1. The van der Waals surface area contributed by atoms with Gasteiger partial charge in [-0.3, -0.25) is 0 Å². The number of esters is 1. The SMILES string of the molecule is COC(=O)c1cc(C(Cl)=NO)ccc1F. The maximum atomic E-state index is 13.1. The van der Waals surface area contributed by atoms with Gasteiger partial charge >= 0.3 is 5.97 Å². The second-order valence-electron chi connectivity index (χ2n) is 2.58. The summed E-state index contributed by atoms with van der Waals surface area (Å²) < 4.78 is 17.5. The predicted octanol–water partition coefficient (Wildman–Crippen LogP) is 1.99. The van der Waals surface area contributed by atoms with Crippen LogP contribution in [0.3, 0.4) is 0 Å². The van der Waals surface area contributed by atoms with E-state index >= 15 is 0 Å². The zero-order valence-electron chi connectivity index (χ0n) is 7.70. The number of ether oxygens (including phenoxy) is 1. The Hall–Kier alpha value is -1.62. The van der Waals surface area contributed by atoms with Crippen LogP contribution in [0.4, 0.5) is 4.39 Å². The molecule has 1 rings (SSSR count). The third kappa shape index (κ3) is 2.44. The Labute approximate surface area is 89.9 Å². The number of halogens is 2. The van der Waals surface area contributed by atoms with Crippen molar-refractivity contribution in [3.63, 3.8) is 0 Å². The summed E-state index contributed by atoms with van der Waals surface area (Å²) in [6, 6.07) is 3.46. The summed E-state index contributed by atoms with van der Waals surface area (Å²) in [5, 5.41) is 10.9. The Morgan fingerprint density at radius 3 is 2.80 bits per heavy atom. The first-order chi connectivity index (χ1) is 7.10. The van der Waals surface area contributed by atoms with Crippen LogP contribution < -0.4 is 0 Å². The van der Waals surface area contributed by atoms with E-state index in [-0.39, 0.29) is 16.3 Å². The van der Waals surface area contributed by atoms with Crippen LogP contribution in [0.5, 0.6) is 0 Å². The molecule has 4 nitrogen and oxygen atoms in total. The average molecular weight is 232 g/mol. The van der Waals surface area contributed by atoms with Gasteiger partial charge in [0.05, 0.1) is 12.7 Å². The Kier molecular flexibility index (Phi) is 3.62. The Balaban J connectivity index is 3.22. The largest absolute Gasteiger partial charge is 0.465 e. The van der Waals surface area contributed by atoms with Crippen molar-refractivity contribution in [1.82, 2.24) is 0 Å². The molecule has 0 aliphatic rings. The summed E-state index contributed by atoms with van der Waals surface area (Å²) in [5.74, 6) is -1.55. The van der Waals surface area contributed by atoms with E-state index in [0.29, 0.717) is 0 Å².